The van der Waals surface area contributed by atoms with Gasteiger partial charge in [0.05, 0.1) is 0 Å². The normalized spacial score (nSPS) is 12.9. The number of halogens is 2. The number of likely N-dealkylation sites (N-methyl/N-ethyl adjacent to an activating group) is 1. The second kappa shape index (κ2) is 6.86. The molecule has 0 fully saturated rings. The summed E-state index contributed by atoms with van der Waals surface area (Å²) in [5.41, 5.74) is 7.08. The Morgan fingerprint density at radius 3 is 2.84 bits per heavy atom. The maximum absolute atomic E-state index is 6.09. The Morgan fingerprint density at radius 1 is 1.42 bits per heavy atom. The Kier molecular flexibility index (Phi) is 5.42. The summed E-state index contributed by atoms with van der Waals surface area (Å²) in [4.78, 5) is 3.58. The molecular weight excluding hydrogens is 344 g/mol. The standard InChI is InChI=1S/C14H16BrClN2S/c1-18(9-11-3-2-6-19-11)14(8-17)12-7-10(16)4-5-13(12)15/h2-7,14H,8-9,17H2,1H3. The molecule has 19 heavy (non-hydrogen) atoms. The largest absolute Gasteiger partial charge is 0.329 e. The number of hydrogen-bond donors (Lipinski definition) is 1. The quantitative estimate of drug-likeness (QED) is 0.862. The van der Waals surface area contributed by atoms with E-state index in [9.17, 15) is 0 Å². The van der Waals surface area contributed by atoms with Crippen molar-refractivity contribution < 1.29 is 0 Å². The molecule has 2 rings (SSSR count). The molecule has 0 saturated heterocycles. The summed E-state index contributed by atoms with van der Waals surface area (Å²) in [6, 6.07) is 10.2. The number of benzene rings is 1. The van der Waals surface area contributed by atoms with Crippen LogP contribution in [0.15, 0.2) is 40.2 Å². The SMILES string of the molecule is CN(Cc1cccs1)C(CN)c1cc(Cl)ccc1Br. The molecule has 1 aromatic carbocycles. The molecule has 0 aliphatic carbocycles. The van der Waals surface area contributed by atoms with Crippen LogP contribution in [0, 0.1) is 0 Å². The zero-order valence-corrected chi connectivity index (χ0v) is 13.8. The predicted molar refractivity (Wildman–Crippen MR) is 86.7 cm³/mol. The lowest BCUT2D eigenvalue weighted by Crippen LogP contribution is -2.30. The zero-order valence-electron chi connectivity index (χ0n) is 10.6. The smallest absolute Gasteiger partial charge is 0.0482 e. The van der Waals surface area contributed by atoms with E-state index in [1.165, 1.54) is 4.88 Å². The Bertz CT molecular complexity index is 530. The molecule has 0 aliphatic heterocycles. The van der Waals surface area contributed by atoms with Crippen molar-refractivity contribution in [3.05, 3.63) is 55.6 Å². The number of hydrogen-bond acceptors (Lipinski definition) is 3. The van der Waals surface area contributed by atoms with Crippen LogP contribution in [0.2, 0.25) is 5.02 Å². The average molecular weight is 360 g/mol. The molecule has 1 unspecified atom stereocenters. The van der Waals surface area contributed by atoms with Gasteiger partial charge in [-0.25, -0.2) is 0 Å². The Labute approximate surface area is 131 Å². The lowest BCUT2D eigenvalue weighted by molar-refractivity contribution is 0.243. The van der Waals surface area contributed by atoms with Crippen molar-refractivity contribution in [1.29, 1.82) is 0 Å². The topological polar surface area (TPSA) is 29.3 Å². The summed E-state index contributed by atoms with van der Waals surface area (Å²) in [6.45, 7) is 1.44. The Hall–Kier alpha value is -0.390. The van der Waals surface area contributed by atoms with Crippen molar-refractivity contribution in [2.75, 3.05) is 13.6 Å². The average Bonchev–Trinajstić information content (AvgIpc) is 2.87. The molecular formula is C14H16BrClN2S. The van der Waals surface area contributed by atoms with Gasteiger partial charge in [0.1, 0.15) is 0 Å². The molecule has 1 heterocycles. The van der Waals surface area contributed by atoms with Crippen LogP contribution < -0.4 is 5.73 Å². The van der Waals surface area contributed by atoms with E-state index in [1.54, 1.807) is 11.3 Å². The summed E-state index contributed by atoms with van der Waals surface area (Å²) in [7, 11) is 2.09. The number of nitrogens with zero attached hydrogens (tertiary/aromatic N) is 1. The maximum atomic E-state index is 6.09. The fourth-order valence-corrected chi connectivity index (χ4v) is 3.53. The fraction of sp³-hybridized carbons (Fsp3) is 0.286. The van der Waals surface area contributed by atoms with Crippen LogP contribution in [-0.4, -0.2) is 18.5 Å². The van der Waals surface area contributed by atoms with Gasteiger partial charge in [0.15, 0.2) is 0 Å². The number of nitrogens with two attached hydrogens (primary N) is 1. The molecule has 5 heteroatoms. The van der Waals surface area contributed by atoms with Crippen LogP contribution in [0.4, 0.5) is 0 Å². The molecule has 0 bridgehead atoms. The third-order valence-corrected chi connectivity index (χ3v) is 4.88. The van der Waals surface area contributed by atoms with Crippen LogP contribution in [0.1, 0.15) is 16.5 Å². The molecule has 1 atom stereocenters. The first-order valence-electron chi connectivity index (χ1n) is 5.99. The minimum atomic E-state index is 0.148. The molecule has 102 valence electrons. The maximum Gasteiger partial charge on any atom is 0.0482 e. The van der Waals surface area contributed by atoms with E-state index in [1.807, 2.05) is 18.2 Å². The summed E-state index contributed by atoms with van der Waals surface area (Å²) < 4.78 is 1.05. The van der Waals surface area contributed by atoms with E-state index < -0.39 is 0 Å². The van der Waals surface area contributed by atoms with Gasteiger partial charge in [0.2, 0.25) is 0 Å². The number of rotatable bonds is 5. The van der Waals surface area contributed by atoms with E-state index in [2.05, 4.69) is 45.4 Å². The van der Waals surface area contributed by atoms with Crippen molar-refractivity contribution in [1.82, 2.24) is 4.90 Å². The van der Waals surface area contributed by atoms with Gasteiger partial charge < -0.3 is 5.73 Å². The molecule has 2 aromatic rings. The second-order valence-corrected chi connectivity index (χ2v) is 6.73. The van der Waals surface area contributed by atoms with Gasteiger partial charge in [0, 0.05) is 33.5 Å². The first-order valence-corrected chi connectivity index (χ1v) is 8.04. The van der Waals surface area contributed by atoms with E-state index in [-0.39, 0.29) is 6.04 Å². The van der Waals surface area contributed by atoms with E-state index in [0.717, 1.165) is 21.6 Å². The summed E-state index contributed by atoms with van der Waals surface area (Å²) in [5, 5.41) is 2.83. The van der Waals surface area contributed by atoms with Gasteiger partial charge in [-0.2, -0.15) is 0 Å². The first kappa shape index (κ1) is 15.0. The molecule has 0 radical (unpaired) electrons. The minimum absolute atomic E-state index is 0.148. The van der Waals surface area contributed by atoms with E-state index in [0.29, 0.717) is 6.54 Å². The predicted octanol–water partition coefficient (Wildman–Crippen LogP) is 4.30. The summed E-state index contributed by atoms with van der Waals surface area (Å²) in [5.74, 6) is 0. The van der Waals surface area contributed by atoms with Gasteiger partial charge in [-0.1, -0.05) is 33.6 Å². The van der Waals surface area contributed by atoms with Gasteiger partial charge >= 0.3 is 0 Å². The molecule has 0 saturated carbocycles. The van der Waals surface area contributed by atoms with Gasteiger partial charge in [-0.3, -0.25) is 4.90 Å². The molecule has 2 nitrogen and oxygen atoms in total. The van der Waals surface area contributed by atoms with Crippen LogP contribution in [0.5, 0.6) is 0 Å². The second-order valence-electron chi connectivity index (χ2n) is 4.41. The Morgan fingerprint density at radius 2 is 2.21 bits per heavy atom. The molecule has 2 N–H and O–H groups in total. The lowest BCUT2D eigenvalue weighted by atomic mass is 10.1. The zero-order chi connectivity index (χ0) is 13.8. The van der Waals surface area contributed by atoms with Crippen LogP contribution in [0.3, 0.4) is 0 Å². The van der Waals surface area contributed by atoms with Crippen molar-refractivity contribution in [2.24, 2.45) is 5.73 Å². The minimum Gasteiger partial charge on any atom is -0.329 e. The van der Waals surface area contributed by atoms with Gasteiger partial charge in [0.25, 0.3) is 0 Å². The van der Waals surface area contributed by atoms with E-state index >= 15 is 0 Å². The highest BCUT2D eigenvalue weighted by molar-refractivity contribution is 9.10. The third kappa shape index (κ3) is 3.80. The lowest BCUT2D eigenvalue weighted by Gasteiger charge is -2.28. The monoisotopic (exact) mass is 358 g/mol. The highest BCUT2D eigenvalue weighted by Gasteiger charge is 2.18. The highest BCUT2D eigenvalue weighted by Crippen LogP contribution is 2.30. The fourth-order valence-electron chi connectivity index (χ4n) is 2.07. The molecule has 0 spiro atoms. The summed E-state index contributed by atoms with van der Waals surface area (Å²) >= 11 is 11.4. The molecule has 0 aliphatic rings. The molecule has 1 aromatic heterocycles. The van der Waals surface area contributed by atoms with Gasteiger partial charge in [-0.05, 0) is 42.3 Å². The molecule has 0 amide bonds. The number of thiophene rings is 1. The van der Waals surface area contributed by atoms with Crippen molar-refractivity contribution in [3.63, 3.8) is 0 Å². The van der Waals surface area contributed by atoms with Crippen LogP contribution in [-0.2, 0) is 6.54 Å². The van der Waals surface area contributed by atoms with Crippen LogP contribution >= 0.6 is 38.9 Å². The first-order chi connectivity index (χ1) is 9.11. The Balaban J connectivity index is 2.21. The van der Waals surface area contributed by atoms with Gasteiger partial charge in [-0.15, -0.1) is 11.3 Å². The van der Waals surface area contributed by atoms with Crippen molar-refractivity contribution in [2.45, 2.75) is 12.6 Å². The summed E-state index contributed by atoms with van der Waals surface area (Å²) in [6.07, 6.45) is 0. The van der Waals surface area contributed by atoms with Crippen molar-refractivity contribution in [3.8, 4) is 0 Å². The van der Waals surface area contributed by atoms with Crippen molar-refractivity contribution >= 4 is 38.9 Å². The third-order valence-electron chi connectivity index (χ3n) is 3.06. The van der Waals surface area contributed by atoms with Crippen LogP contribution in [0.25, 0.3) is 0 Å². The van der Waals surface area contributed by atoms with E-state index in [4.69, 9.17) is 17.3 Å². The highest BCUT2D eigenvalue weighted by atomic mass is 79.9.